The monoisotopic (exact) mass is 341 g/mol. The van der Waals surface area contributed by atoms with Crippen molar-refractivity contribution in [1.29, 1.82) is 0 Å². The summed E-state index contributed by atoms with van der Waals surface area (Å²) in [6, 6.07) is 15.4. The second-order valence-electron chi connectivity index (χ2n) is 5.20. The van der Waals surface area contributed by atoms with Crippen LogP contribution in [0.15, 0.2) is 65.2 Å². The van der Waals surface area contributed by atoms with Crippen LogP contribution in [-0.4, -0.2) is 23.8 Å². The summed E-state index contributed by atoms with van der Waals surface area (Å²) >= 11 is 3.40. The molecule has 0 saturated carbocycles. The predicted molar refractivity (Wildman–Crippen MR) is 88.4 cm³/mol. The molecule has 0 N–H and O–H groups in total. The van der Waals surface area contributed by atoms with E-state index in [0.717, 1.165) is 29.7 Å². The summed E-state index contributed by atoms with van der Waals surface area (Å²) in [6.07, 6.45) is 4.37. The van der Waals surface area contributed by atoms with Gasteiger partial charge in [0.25, 0.3) is 0 Å². The van der Waals surface area contributed by atoms with Gasteiger partial charge in [0.15, 0.2) is 5.78 Å². The first kappa shape index (κ1) is 14.2. The zero-order valence-electron chi connectivity index (χ0n) is 11.6. The van der Waals surface area contributed by atoms with Gasteiger partial charge < -0.3 is 0 Å². The molecule has 0 unspecified atom stereocenters. The quantitative estimate of drug-likeness (QED) is 0.617. The smallest absolute Gasteiger partial charge is 0.193 e. The van der Waals surface area contributed by atoms with Crippen molar-refractivity contribution in [3.05, 3.63) is 81.8 Å². The van der Waals surface area contributed by atoms with Gasteiger partial charge in [-0.2, -0.15) is 0 Å². The molecule has 0 spiro atoms. The molecular formula is C18H16BrNO. The number of hydrogen-bond donors (Lipinski definition) is 0. The van der Waals surface area contributed by atoms with E-state index in [1.54, 1.807) is 0 Å². The average molecular weight is 342 g/mol. The Morgan fingerprint density at radius 3 is 2.38 bits per heavy atom. The second-order valence-corrected chi connectivity index (χ2v) is 6.12. The van der Waals surface area contributed by atoms with Crippen LogP contribution in [0.4, 0.5) is 0 Å². The third-order valence-corrected chi connectivity index (χ3v) is 4.10. The number of rotatable bonds is 4. The summed E-state index contributed by atoms with van der Waals surface area (Å²) in [6.45, 7) is 2.95. The van der Waals surface area contributed by atoms with E-state index in [1.165, 1.54) is 5.56 Å². The molecule has 21 heavy (non-hydrogen) atoms. The fraction of sp³-hybridized carbons (Fsp3) is 0.167. The third kappa shape index (κ3) is 3.49. The molecule has 1 heterocycles. The van der Waals surface area contributed by atoms with Crippen molar-refractivity contribution in [3.8, 4) is 0 Å². The maximum Gasteiger partial charge on any atom is 0.193 e. The van der Waals surface area contributed by atoms with Crippen LogP contribution in [0.2, 0.25) is 0 Å². The Morgan fingerprint density at radius 1 is 1.00 bits per heavy atom. The molecule has 2 aromatic rings. The Morgan fingerprint density at radius 2 is 1.71 bits per heavy atom. The molecule has 0 radical (unpaired) electrons. The molecule has 2 aromatic carbocycles. The van der Waals surface area contributed by atoms with Crippen molar-refractivity contribution in [2.24, 2.45) is 0 Å². The van der Waals surface area contributed by atoms with E-state index in [0.29, 0.717) is 5.56 Å². The third-order valence-electron chi connectivity index (χ3n) is 3.60. The molecule has 3 heteroatoms. The van der Waals surface area contributed by atoms with Crippen molar-refractivity contribution < 1.29 is 4.79 Å². The molecule has 3 rings (SSSR count). The van der Waals surface area contributed by atoms with Gasteiger partial charge in [0, 0.05) is 35.2 Å². The van der Waals surface area contributed by atoms with Crippen molar-refractivity contribution >= 4 is 21.7 Å². The van der Waals surface area contributed by atoms with Gasteiger partial charge in [0.05, 0.1) is 0 Å². The van der Waals surface area contributed by atoms with E-state index in [-0.39, 0.29) is 5.78 Å². The van der Waals surface area contributed by atoms with Crippen LogP contribution >= 0.6 is 15.9 Å². The van der Waals surface area contributed by atoms with Gasteiger partial charge in [-0.1, -0.05) is 64.5 Å². The lowest BCUT2D eigenvalue weighted by molar-refractivity contribution is 0.103. The number of ketones is 1. The van der Waals surface area contributed by atoms with Crippen LogP contribution in [0, 0.1) is 0 Å². The Bertz CT molecular complexity index is 668. The molecule has 0 fully saturated rings. The van der Waals surface area contributed by atoms with E-state index < -0.39 is 0 Å². The summed E-state index contributed by atoms with van der Waals surface area (Å²) in [4.78, 5) is 14.8. The number of nitrogens with zero attached hydrogens (tertiary/aromatic N) is 1. The van der Waals surface area contributed by atoms with E-state index in [1.807, 2.05) is 48.5 Å². The van der Waals surface area contributed by atoms with Crippen molar-refractivity contribution in [2.75, 3.05) is 13.1 Å². The van der Waals surface area contributed by atoms with Crippen LogP contribution in [0.5, 0.6) is 0 Å². The zero-order valence-corrected chi connectivity index (χ0v) is 13.2. The topological polar surface area (TPSA) is 20.3 Å². The second kappa shape index (κ2) is 6.37. The van der Waals surface area contributed by atoms with E-state index in [4.69, 9.17) is 0 Å². The predicted octanol–water partition coefficient (Wildman–Crippen LogP) is 4.05. The van der Waals surface area contributed by atoms with Gasteiger partial charge >= 0.3 is 0 Å². The number of halogens is 1. The Labute approximate surface area is 133 Å². The van der Waals surface area contributed by atoms with Gasteiger partial charge in [-0.15, -0.1) is 0 Å². The van der Waals surface area contributed by atoms with Crippen molar-refractivity contribution in [1.82, 2.24) is 4.90 Å². The van der Waals surface area contributed by atoms with Crippen molar-refractivity contribution in [2.45, 2.75) is 6.54 Å². The fourth-order valence-electron chi connectivity index (χ4n) is 2.47. The highest BCUT2D eigenvalue weighted by molar-refractivity contribution is 9.10. The molecule has 0 aliphatic carbocycles. The number of carbonyl (C=O) groups excluding carboxylic acids is 1. The largest absolute Gasteiger partial charge is 0.292 e. The van der Waals surface area contributed by atoms with Crippen LogP contribution in [0.1, 0.15) is 21.5 Å². The standard InChI is InChI=1S/C18H16BrNO/c19-17-5-3-4-16(12-17)18(21)15-8-6-14(7-9-15)13-20-10-1-2-11-20/h1-9,12H,10-11,13H2. The van der Waals surface area contributed by atoms with Gasteiger partial charge in [0.2, 0.25) is 0 Å². The van der Waals surface area contributed by atoms with E-state index in [2.05, 4.69) is 33.0 Å². The summed E-state index contributed by atoms with van der Waals surface area (Å²) in [5.74, 6) is 0.0608. The number of carbonyl (C=O) groups is 1. The first-order valence-corrected chi connectivity index (χ1v) is 7.78. The number of hydrogen-bond acceptors (Lipinski definition) is 2. The normalized spacial score (nSPS) is 14.5. The highest BCUT2D eigenvalue weighted by Crippen LogP contribution is 2.17. The lowest BCUT2D eigenvalue weighted by Gasteiger charge is -2.14. The Kier molecular flexibility index (Phi) is 4.32. The minimum absolute atomic E-state index is 0.0608. The molecule has 0 aromatic heterocycles. The fourth-order valence-corrected chi connectivity index (χ4v) is 2.87. The molecule has 0 amide bonds. The first-order valence-electron chi connectivity index (χ1n) is 6.99. The van der Waals surface area contributed by atoms with Gasteiger partial charge in [0.1, 0.15) is 0 Å². The van der Waals surface area contributed by atoms with Crippen molar-refractivity contribution in [3.63, 3.8) is 0 Å². The molecule has 2 nitrogen and oxygen atoms in total. The average Bonchev–Trinajstić information content (AvgIpc) is 3.00. The van der Waals surface area contributed by atoms with Crippen LogP contribution in [0.25, 0.3) is 0 Å². The molecule has 1 aliphatic rings. The molecule has 0 saturated heterocycles. The van der Waals surface area contributed by atoms with Crippen LogP contribution in [-0.2, 0) is 6.54 Å². The Balaban J connectivity index is 1.72. The van der Waals surface area contributed by atoms with Gasteiger partial charge in [-0.25, -0.2) is 0 Å². The van der Waals surface area contributed by atoms with E-state index in [9.17, 15) is 4.79 Å². The maximum absolute atomic E-state index is 12.4. The summed E-state index contributed by atoms with van der Waals surface area (Å²) in [7, 11) is 0. The minimum Gasteiger partial charge on any atom is -0.292 e. The SMILES string of the molecule is O=C(c1ccc(CN2CC=CC2)cc1)c1cccc(Br)c1. The highest BCUT2D eigenvalue weighted by atomic mass is 79.9. The van der Waals surface area contributed by atoms with Crippen LogP contribution in [0.3, 0.4) is 0 Å². The lowest BCUT2D eigenvalue weighted by Crippen LogP contribution is -2.19. The number of benzene rings is 2. The molecule has 0 bridgehead atoms. The van der Waals surface area contributed by atoms with Gasteiger partial charge in [-0.05, 0) is 17.7 Å². The molecule has 0 atom stereocenters. The molecule has 106 valence electrons. The van der Waals surface area contributed by atoms with E-state index >= 15 is 0 Å². The van der Waals surface area contributed by atoms with Gasteiger partial charge in [-0.3, -0.25) is 9.69 Å². The Hall–Kier alpha value is -1.71. The minimum atomic E-state index is 0.0608. The van der Waals surface area contributed by atoms with Crippen LogP contribution < -0.4 is 0 Å². The first-order chi connectivity index (χ1) is 10.2. The maximum atomic E-state index is 12.4. The highest BCUT2D eigenvalue weighted by Gasteiger charge is 2.10. The summed E-state index contributed by atoms with van der Waals surface area (Å²) < 4.78 is 0.923. The summed E-state index contributed by atoms with van der Waals surface area (Å²) in [5.41, 5.74) is 2.68. The lowest BCUT2D eigenvalue weighted by atomic mass is 10.0. The zero-order chi connectivity index (χ0) is 14.7. The molecular weight excluding hydrogens is 326 g/mol. The molecule has 1 aliphatic heterocycles. The summed E-state index contributed by atoms with van der Waals surface area (Å²) in [5, 5.41) is 0.